The van der Waals surface area contributed by atoms with Gasteiger partial charge in [0, 0.05) is 28.4 Å². The van der Waals surface area contributed by atoms with Crippen LogP contribution in [0.1, 0.15) is 5.56 Å². The summed E-state index contributed by atoms with van der Waals surface area (Å²) in [6, 6.07) is 16.2. The molecule has 2 aromatic carbocycles. The van der Waals surface area contributed by atoms with Gasteiger partial charge in [-0.25, -0.2) is 0 Å². The predicted molar refractivity (Wildman–Crippen MR) is 103 cm³/mol. The molecule has 0 saturated carbocycles. The molecule has 2 aromatic heterocycles. The Bertz CT molecular complexity index is 1100. The molecule has 0 atom stereocenters. The molecule has 6 nitrogen and oxygen atoms in total. The van der Waals surface area contributed by atoms with Gasteiger partial charge in [-0.3, -0.25) is 9.36 Å². The van der Waals surface area contributed by atoms with Crippen LogP contribution in [0.3, 0.4) is 0 Å². The van der Waals surface area contributed by atoms with E-state index in [9.17, 15) is 4.79 Å². The molecule has 0 aliphatic rings. The Hall–Kier alpha value is -3.06. The molecule has 0 saturated heterocycles. The minimum absolute atomic E-state index is 0.151. The van der Waals surface area contributed by atoms with Crippen molar-refractivity contribution in [1.29, 1.82) is 0 Å². The molecule has 26 heavy (non-hydrogen) atoms. The number of hydrogen-bond donors (Lipinski definition) is 2. The smallest absolute Gasteiger partial charge is 0.227 e. The lowest BCUT2D eigenvalue weighted by molar-refractivity contribution is -0.115. The Labute approximate surface area is 154 Å². The molecule has 0 radical (unpaired) electrons. The molecule has 0 fully saturated rings. The van der Waals surface area contributed by atoms with Gasteiger partial charge in [-0.15, -0.1) is 10.2 Å². The van der Waals surface area contributed by atoms with Gasteiger partial charge in [0.1, 0.15) is 0 Å². The van der Waals surface area contributed by atoms with Gasteiger partial charge in [-0.2, -0.15) is 0 Å². The largest absolute Gasteiger partial charge is 0.369 e. The molecule has 3 N–H and O–H groups in total. The fourth-order valence-corrected chi connectivity index (χ4v) is 3.62. The summed E-state index contributed by atoms with van der Waals surface area (Å²) in [7, 11) is 0. The minimum Gasteiger partial charge on any atom is -0.369 e. The fourth-order valence-electron chi connectivity index (χ4n) is 2.93. The minimum atomic E-state index is -0.387. The number of primary amides is 1. The van der Waals surface area contributed by atoms with Gasteiger partial charge >= 0.3 is 0 Å². The van der Waals surface area contributed by atoms with E-state index in [-0.39, 0.29) is 11.7 Å². The Kier molecular flexibility index (Phi) is 4.22. The van der Waals surface area contributed by atoms with Gasteiger partial charge in [-0.1, -0.05) is 42.1 Å². The normalized spacial score (nSPS) is 11.1. The van der Waals surface area contributed by atoms with Gasteiger partial charge < -0.3 is 10.7 Å². The number of amides is 1. The van der Waals surface area contributed by atoms with Crippen molar-refractivity contribution in [3.05, 3.63) is 60.3 Å². The number of nitrogens with one attached hydrogen (secondary N) is 1. The second-order valence-electron chi connectivity index (χ2n) is 5.98. The second kappa shape index (κ2) is 6.68. The highest BCUT2D eigenvalue weighted by Crippen LogP contribution is 2.32. The van der Waals surface area contributed by atoms with E-state index in [2.05, 4.69) is 21.2 Å². The highest BCUT2D eigenvalue weighted by Gasteiger charge is 2.19. The number of aryl methyl sites for hydroxylation is 1. The second-order valence-corrected chi connectivity index (χ2v) is 6.93. The SMILES string of the molecule is Cc1cccc(-n2c(SCC(N)=O)nnc2-c2c[nH]c3ccccc23)c1. The first-order valence-corrected chi connectivity index (χ1v) is 9.12. The van der Waals surface area contributed by atoms with E-state index >= 15 is 0 Å². The van der Waals surface area contributed by atoms with Crippen molar-refractivity contribution in [2.45, 2.75) is 12.1 Å². The van der Waals surface area contributed by atoms with Crippen molar-refractivity contribution < 1.29 is 4.79 Å². The van der Waals surface area contributed by atoms with E-state index in [0.717, 1.165) is 33.5 Å². The highest BCUT2D eigenvalue weighted by atomic mass is 32.2. The zero-order valence-corrected chi connectivity index (χ0v) is 15.0. The third-order valence-electron chi connectivity index (χ3n) is 4.07. The third kappa shape index (κ3) is 2.97. The van der Waals surface area contributed by atoms with Gasteiger partial charge in [0.25, 0.3) is 0 Å². The first-order chi connectivity index (χ1) is 12.6. The molecule has 0 spiro atoms. The molecule has 130 valence electrons. The molecule has 7 heteroatoms. The van der Waals surface area contributed by atoms with Crippen LogP contribution in [0.5, 0.6) is 0 Å². The molecule has 2 heterocycles. The molecule has 4 rings (SSSR count). The number of carbonyl (C=O) groups excluding carboxylic acids is 1. The summed E-state index contributed by atoms with van der Waals surface area (Å²) in [5.41, 5.74) is 9.38. The standard InChI is InChI=1S/C19H17N5OS/c1-12-5-4-6-13(9-12)24-18(22-23-19(24)26-11-17(20)25)15-10-21-16-8-3-2-7-14(15)16/h2-10,21H,11H2,1H3,(H2,20,25). The molecule has 0 aliphatic heterocycles. The highest BCUT2D eigenvalue weighted by molar-refractivity contribution is 7.99. The Morgan fingerprint density at radius 2 is 2.04 bits per heavy atom. The number of thioether (sulfide) groups is 1. The van der Waals surface area contributed by atoms with E-state index in [4.69, 9.17) is 5.73 Å². The quantitative estimate of drug-likeness (QED) is 0.532. The zero-order valence-electron chi connectivity index (χ0n) is 14.1. The lowest BCUT2D eigenvalue weighted by atomic mass is 10.1. The number of nitrogens with zero attached hydrogens (tertiary/aromatic N) is 3. The summed E-state index contributed by atoms with van der Waals surface area (Å²) < 4.78 is 1.97. The summed E-state index contributed by atoms with van der Waals surface area (Å²) >= 11 is 1.28. The monoisotopic (exact) mass is 363 g/mol. The number of hydrogen-bond acceptors (Lipinski definition) is 4. The van der Waals surface area contributed by atoms with E-state index in [1.807, 2.05) is 60.2 Å². The first kappa shape index (κ1) is 16.4. The average molecular weight is 363 g/mol. The lowest BCUT2D eigenvalue weighted by Gasteiger charge is -2.10. The van der Waals surface area contributed by atoms with Crippen LogP contribution in [0.25, 0.3) is 28.0 Å². The van der Waals surface area contributed by atoms with Crippen LogP contribution in [0.4, 0.5) is 0 Å². The van der Waals surface area contributed by atoms with Crippen LogP contribution in [0.15, 0.2) is 59.9 Å². The number of nitrogens with two attached hydrogens (primary N) is 1. The summed E-state index contributed by atoms with van der Waals surface area (Å²) in [5, 5.41) is 10.4. The molecule has 0 unspecified atom stereocenters. The first-order valence-electron chi connectivity index (χ1n) is 8.13. The number of benzene rings is 2. The van der Waals surface area contributed by atoms with Gasteiger partial charge in [0.05, 0.1) is 5.75 Å². The van der Waals surface area contributed by atoms with Crippen molar-refractivity contribution in [2.24, 2.45) is 5.73 Å². The number of aromatic amines is 1. The number of para-hydroxylation sites is 1. The maximum Gasteiger partial charge on any atom is 0.227 e. The van der Waals surface area contributed by atoms with E-state index in [0.29, 0.717) is 5.16 Å². The van der Waals surface area contributed by atoms with Gasteiger partial charge in [0.15, 0.2) is 11.0 Å². The third-order valence-corrected chi connectivity index (χ3v) is 5.02. The van der Waals surface area contributed by atoms with Crippen LogP contribution < -0.4 is 5.73 Å². The Balaban J connectivity index is 1.91. The molecular formula is C19H17N5OS. The summed E-state index contributed by atoms with van der Waals surface area (Å²) in [5.74, 6) is 0.486. The number of rotatable bonds is 5. The fraction of sp³-hybridized carbons (Fsp3) is 0.105. The predicted octanol–water partition coefficient (Wildman–Crippen LogP) is 3.30. The van der Waals surface area contributed by atoms with Gasteiger partial charge in [0.2, 0.25) is 5.91 Å². The van der Waals surface area contributed by atoms with E-state index in [1.54, 1.807) is 0 Å². The van der Waals surface area contributed by atoms with E-state index in [1.165, 1.54) is 11.8 Å². The molecular weight excluding hydrogens is 346 g/mol. The lowest BCUT2D eigenvalue weighted by Crippen LogP contribution is -2.13. The summed E-state index contributed by atoms with van der Waals surface area (Å²) in [4.78, 5) is 14.5. The Morgan fingerprint density at radius 3 is 2.85 bits per heavy atom. The molecule has 4 aromatic rings. The van der Waals surface area contributed by atoms with Crippen molar-refractivity contribution in [3.8, 4) is 17.1 Å². The molecule has 0 aliphatic carbocycles. The molecule has 1 amide bonds. The van der Waals surface area contributed by atoms with Crippen molar-refractivity contribution in [2.75, 3.05) is 5.75 Å². The topological polar surface area (TPSA) is 89.6 Å². The summed E-state index contributed by atoms with van der Waals surface area (Å²) in [6.45, 7) is 2.04. The summed E-state index contributed by atoms with van der Waals surface area (Å²) in [6.07, 6.45) is 1.93. The van der Waals surface area contributed by atoms with E-state index < -0.39 is 0 Å². The maximum atomic E-state index is 11.2. The zero-order chi connectivity index (χ0) is 18.1. The van der Waals surface area contributed by atoms with Crippen LogP contribution in [-0.2, 0) is 4.79 Å². The number of H-pyrrole nitrogens is 1. The van der Waals surface area contributed by atoms with Crippen LogP contribution in [0, 0.1) is 6.92 Å². The van der Waals surface area contributed by atoms with Crippen LogP contribution in [-0.4, -0.2) is 31.4 Å². The maximum absolute atomic E-state index is 11.2. The van der Waals surface area contributed by atoms with Crippen LogP contribution >= 0.6 is 11.8 Å². The van der Waals surface area contributed by atoms with Crippen molar-refractivity contribution in [1.82, 2.24) is 19.7 Å². The number of aromatic nitrogens is 4. The number of carbonyl (C=O) groups is 1. The van der Waals surface area contributed by atoms with Gasteiger partial charge in [-0.05, 0) is 30.7 Å². The average Bonchev–Trinajstić information content (AvgIpc) is 3.23. The van der Waals surface area contributed by atoms with Crippen molar-refractivity contribution in [3.63, 3.8) is 0 Å². The number of fused-ring (bicyclic) bond motifs is 1. The van der Waals surface area contributed by atoms with Crippen LogP contribution in [0.2, 0.25) is 0 Å². The molecule has 0 bridgehead atoms. The Morgan fingerprint density at radius 1 is 1.19 bits per heavy atom. The van der Waals surface area contributed by atoms with Crippen molar-refractivity contribution >= 4 is 28.6 Å².